The number of aliphatic hydroxyl groups is 2. The summed E-state index contributed by atoms with van der Waals surface area (Å²) < 4.78 is 54.1. The molecular formula is C23H23ClF3N9O7. The lowest BCUT2D eigenvalue weighted by Gasteiger charge is -2.28. The van der Waals surface area contributed by atoms with Crippen molar-refractivity contribution < 1.29 is 47.5 Å². The van der Waals surface area contributed by atoms with Gasteiger partial charge in [-0.3, -0.25) is 4.57 Å². The number of carboxylic acid groups (broad SMARTS) is 1. The summed E-state index contributed by atoms with van der Waals surface area (Å²) in [5.41, 5.74) is 4.56. The second kappa shape index (κ2) is 11.8. The molecule has 4 heterocycles. The molecule has 0 spiro atoms. The third kappa shape index (κ3) is 6.30. The summed E-state index contributed by atoms with van der Waals surface area (Å²) in [6.45, 7) is -0.538. The first-order valence-electron chi connectivity index (χ1n) is 12.5. The van der Waals surface area contributed by atoms with Gasteiger partial charge in [0.1, 0.15) is 29.6 Å². The highest BCUT2D eigenvalue weighted by atomic mass is 35.5. The van der Waals surface area contributed by atoms with Gasteiger partial charge < -0.3 is 35.3 Å². The number of aromatic amines is 1. The number of nitrogens with two attached hydrogens (primary N) is 1. The second-order valence-corrected chi connectivity index (χ2v) is 9.81. The van der Waals surface area contributed by atoms with Crippen LogP contribution in [0.4, 0.5) is 19.0 Å². The maximum absolute atomic E-state index is 12.6. The Labute approximate surface area is 243 Å². The molecule has 1 aromatic carbocycles. The van der Waals surface area contributed by atoms with E-state index in [1.165, 1.54) is 23.0 Å². The molecule has 6 N–H and O–H groups in total. The summed E-state index contributed by atoms with van der Waals surface area (Å²) in [6, 6.07) is 5.10. The van der Waals surface area contributed by atoms with Crippen molar-refractivity contribution in [2.75, 3.05) is 12.3 Å². The van der Waals surface area contributed by atoms with Gasteiger partial charge in [0.2, 0.25) is 16.7 Å². The fourth-order valence-corrected chi connectivity index (χ4v) is 4.83. The monoisotopic (exact) mass is 629 g/mol. The molecule has 0 radical (unpaired) electrons. The molecule has 3 aromatic heterocycles. The topological polar surface area (TPSA) is 230 Å². The first-order chi connectivity index (χ1) is 20.4. The first kappa shape index (κ1) is 30.3. The molecule has 230 valence electrons. The molecule has 1 saturated heterocycles. The molecular weight excluding hydrogens is 607 g/mol. The van der Waals surface area contributed by atoms with Crippen molar-refractivity contribution in [3.63, 3.8) is 0 Å². The van der Waals surface area contributed by atoms with Gasteiger partial charge in [-0.15, -0.1) is 23.4 Å². The number of nitrogen functional groups attached to an aromatic ring is 1. The third-order valence-corrected chi connectivity index (χ3v) is 6.90. The molecule has 0 bridgehead atoms. The molecule has 20 heteroatoms. The fraction of sp³-hybridized carbons (Fsp3) is 0.435. The number of aliphatic hydroxyl groups excluding tert-OH is 2. The summed E-state index contributed by atoms with van der Waals surface area (Å²) in [5.74, 6) is -2.21. The Morgan fingerprint density at radius 2 is 1.93 bits per heavy atom. The number of aliphatic carboxylic acids is 1. The zero-order valence-corrected chi connectivity index (χ0v) is 22.5. The maximum Gasteiger partial charge on any atom is 0.573 e. The zero-order chi connectivity index (χ0) is 30.9. The minimum atomic E-state index is -4.83. The largest absolute Gasteiger partial charge is 0.573 e. The van der Waals surface area contributed by atoms with Crippen LogP contribution in [-0.4, -0.2) is 92.7 Å². The molecule has 1 aliphatic heterocycles. The van der Waals surface area contributed by atoms with E-state index in [2.05, 4.69) is 40.3 Å². The highest BCUT2D eigenvalue weighted by molar-refractivity contribution is 6.28. The number of fused-ring (bicyclic) bond motifs is 1. The summed E-state index contributed by atoms with van der Waals surface area (Å²) in [6.07, 6.45) is -8.90. The SMILES string of the molecule is Nc1nc(Cl)nc2c1ncn2[C@@H]1O[C@H](COC(CCCc2ccc(OC(F)(F)F)cc2)(C(=O)O)c2nn[nH]n2)[C@@H](O)[C@H]1O. The number of aromatic nitrogens is 8. The minimum absolute atomic E-state index is 0.0152. The minimum Gasteiger partial charge on any atom is -0.479 e. The van der Waals surface area contributed by atoms with Crippen molar-refractivity contribution in [2.24, 2.45) is 0 Å². The van der Waals surface area contributed by atoms with Crippen molar-refractivity contribution in [2.45, 2.75) is 55.8 Å². The standard InChI is InChI=1S/C23H23ClF3N9O7/c24-21-30-16(28)13-17(31-21)36(9-29-13)18-15(38)14(37)12(42-18)8-41-22(20(39)40,19-32-34-35-33-19)7-1-2-10-3-5-11(6-4-10)43-23(25,26)27/h3-6,9,12,14-15,18,37-38H,1-2,7-8H2,(H,39,40)(H2,28,30,31)(H,32,33,34,35)/t12-,14-,15-,18-,22?/m1/s1. The highest BCUT2D eigenvalue weighted by Crippen LogP contribution is 2.36. The van der Waals surface area contributed by atoms with E-state index in [1.54, 1.807) is 0 Å². The molecule has 0 amide bonds. The quantitative estimate of drug-likeness (QED) is 0.146. The number of rotatable bonds is 11. The number of ether oxygens (including phenoxy) is 3. The van der Waals surface area contributed by atoms with Gasteiger partial charge in [-0.25, -0.2) is 9.78 Å². The number of carboxylic acids is 1. The second-order valence-electron chi connectivity index (χ2n) is 9.47. The van der Waals surface area contributed by atoms with Crippen molar-refractivity contribution in [3.8, 4) is 5.75 Å². The van der Waals surface area contributed by atoms with Gasteiger partial charge in [-0.2, -0.15) is 15.2 Å². The number of carbonyl (C=O) groups is 1. The lowest BCUT2D eigenvalue weighted by molar-refractivity contribution is -0.274. The lowest BCUT2D eigenvalue weighted by Crippen LogP contribution is -2.44. The molecule has 16 nitrogen and oxygen atoms in total. The van der Waals surface area contributed by atoms with Gasteiger partial charge in [0, 0.05) is 0 Å². The number of alkyl halides is 3. The van der Waals surface area contributed by atoms with Crippen LogP contribution in [-0.2, 0) is 26.3 Å². The number of aryl methyl sites for hydroxylation is 1. The molecule has 5 rings (SSSR count). The van der Waals surface area contributed by atoms with E-state index in [0.29, 0.717) is 5.56 Å². The summed E-state index contributed by atoms with van der Waals surface area (Å²) in [4.78, 5) is 24.5. The van der Waals surface area contributed by atoms with Crippen LogP contribution >= 0.6 is 11.6 Å². The van der Waals surface area contributed by atoms with E-state index in [1.807, 2.05) is 0 Å². The lowest BCUT2D eigenvalue weighted by atomic mass is 9.93. The highest BCUT2D eigenvalue weighted by Gasteiger charge is 2.49. The molecule has 1 aliphatic rings. The van der Waals surface area contributed by atoms with Crippen LogP contribution in [0.5, 0.6) is 5.75 Å². The van der Waals surface area contributed by atoms with Gasteiger partial charge in [0.05, 0.1) is 12.9 Å². The van der Waals surface area contributed by atoms with Crippen LogP contribution in [0.25, 0.3) is 11.2 Å². The fourth-order valence-electron chi connectivity index (χ4n) is 4.66. The van der Waals surface area contributed by atoms with Crippen LogP contribution < -0.4 is 10.5 Å². The number of benzene rings is 1. The van der Waals surface area contributed by atoms with Crippen molar-refractivity contribution in [1.82, 2.24) is 40.1 Å². The van der Waals surface area contributed by atoms with E-state index in [-0.39, 0.29) is 47.4 Å². The van der Waals surface area contributed by atoms with E-state index in [4.69, 9.17) is 26.8 Å². The molecule has 1 unspecified atom stereocenters. The maximum atomic E-state index is 12.6. The number of anilines is 1. The average molecular weight is 630 g/mol. The van der Waals surface area contributed by atoms with Gasteiger partial charge in [-0.05, 0) is 48.6 Å². The van der Waals surface area contributed by atoms with Crippen molar-refractivity contribution in [1.29, 1.82) is 0 Å². The number of nitrogens with zero attached hydrogens (tertiary/aromatic N) is 7. The van der Waals surface area contributed by atoms with Crippen LogP contribution in [0.2, 0.25) is 5.28 Å². The van der Waals surface area contributed by atoms with Crippen LogP contribution in [0.15, 0.2) is 30.6 Å². The number of imidazole rings is 1. The van der Waals surface area contributed by atoms with E-state index >= 15 is 0 Å². The number of H-pyrrole nitrogens is 1. The molecule has 0 aliphatic carbocycles. The summed E-state index contributed by atoms with van der Waals surface area (Å²) in [7, 11) is 0. The van der Waals surface area contributed by atoms with Crippen LogP contribution in [0.1, 0.15) is 30.5 Å². The van der Waals surface area contributed by atoms with Crippen LogP contribution in [0, 0.1) is 0 Å². The van der Waals surface area contributed by atoms with E-state index < -0.39 is 54.8 Å². The molecule has 1 fully saturated rings. The Balaban J connectivity index is 1.30. The predicted molar refractivity (Wildman–Crippen MR) is 136 cm³/mol. The molecule has 4 aromatic rings. The van der Waals surface area contributed by atoms with E-state index in [0.717, 1.165) is 12.1 Å². The molecule has 0 saturated carbocycles. The van der Waals surface area contributed by atoms with Gasteiger partial charge >= 0.3 is 12.3 Å². The molecule has 43 heavy (non-hydrogen) atoms. The Hall–Kier alpha value is -4.17. The zero-order valence-electron chi connectivity index (χ0n) is 21.7. The number of nitrogens with one attached hydrogen (secondary N) is 1. The number of halogens is 4. The third-order valence-electron chi connectivity index (χ3n) is 6.73. The average Bonchev–Trinajstić information content (AvgIpc) is 3.68. The Morgan fingerprint density at radius 3 is 2.58 bits per heavy atom. The molecule has 5 atom stereocenters. The van der Waals surface area contributed by atoms with Gasteiger partial charge in [0.25, 0.3) is 0 Å². The van der Waals surface area contributed by atoms with Gasteiger partial charge in [-0.1, -0.05) is 17.3 Å². The van der Waals surface area contributed by atoms with Crippen molar-refractivity contribution >= 4 is 34.6 Å². The number of hydrogen-bond acceptors (Lipinski definition) is 13. The predicted octanol–water partition coefficient (Wildman–Crippen LogP) is 1.11. The number of hydrogen-bond donors (Lipinski definition) is 5. The number of tetrazole rings is 1. The van der Waals surface area contributed by atoms with Gasteiger partial charge in [0.15, 0.2) is 17.7 Å². The Kier molecular flexibility index (Phi) is 8.34. The normalized spacial score (nSPS) is 22.1. The Morgan fingerprint density at radius 1 is 1.19 bits per heavy atom. The summed E-state index contributed by atoms with van der Waals surface area (Å²) >= 11 is 5.90. The summed E-state index contributed by atoms with van der Waals surface area (Å²) in [5, 5.41) is 44.7. The Bertz CT molecular complexity index is 1580. The smallest absolute Gasteiger partial charge is 0.479 e. The first-order valence-corrected chi connectivity index (χ1v) is 12.9. The van der Waals surface area contributed by atoms with Crippen LogP contribution in [0.3, 0.4) is 0 Å². The van der Waals surface area contributed by atoms with Crippen molar-refractivity contribution in [3.05, 3.63) is 47.3 Å². The van der Waals surface area contributed by atoms with E-state index in [9.17, 15) is 33.3 Å².